The summed E-state index contributed by atoms with van der Waals surface area (Å²) < 4.78 is 5.87. The molecule has 0 amide bonds. The van der Waals surface area contributed by atoms with Crippen molar-refractivity contribution in [1.82, 2.24) is 9.97 Å². The highest BCUT2D eigenvalue weighted by Crippen LogP contribution is 2.29. The summed E-state index contributed by atoms with van der Waals surface area (Å²) in [4.78, 5) is 17.7. The van der Waals surface area contributed by atoms with Gasteiger partial charge in [0.05, 0.1) is 11.0 Å². The number of nitrogens with two attached hydrogens (primary N) is 1. The van der Waals surface area contributed by atoms with E-state index in [-0.39, 0.29) is 28.4 Å². The molecule has 2 rings (SSSR count). The summed E-state index contributed by atoms with van der Waals surface area (Å²) in [5, 5.41) is 10.8. The summed E-state index contributed by atoms with van der Waals surface area (Å²) in [6.45, 7) is 0. The van der Waals surface area contributed by atoms with Gasteiger partial charge in [-0.05, 0) is 6.07 Å². The van der Waals surface area contributed by atoms with Gasteiger partial charge >= 0.3 is 0 Å². The Bertz CT molecular complexity index is 632. The molecule has 1 heterocycles. The lowest BCUT2D eigenvalue weighted by atomic mass is 10.3. The standard InChI is InChI=1S/C10H6BrClN4O3/c11-5-1-6(16(17)18)3-7(2-5)19-9-4-8(12)14-10(13)15-9/h1-4H,(H2,13,14,15). The summed E-state index contributed by atoms with van der Waals surface area (Å²) in [5.74, 6) is 0.284. The second-order valence-electron chi connectivity index (χ2n) is 3.39. The second-order valence-corrected chi connectivity index (χ2v) is 4.69. The minimum absolute atomic E-state index is 0.0491. The van der Waals surface area contributed by atoms with Gasteiger partial charge in [0.1, 0.15) is 10.9 Å². The number of aromatic nitrogens is 2. The minimum Gasteiger partial charge on any atom is -0.438 e. The van der Waals surface area contributed by atoms with Crippen LogP contribution in [0.15, 0.2) is 28.7 Å². The lowest BCUT2D eigenvalue weighted by molar-refractivity contribution is -0.385. The van der Waals surface area contributed by atoms with Crippen LogP contribution in [-0.4, -0.2) is 14.9 Å². The van der Waals surface area contributed by atoms with E-state index in [1.165, 1.54) is 18.2 Å². The molecule has 19 heavy (non-hydrogen) atoms. The number of nitro benzene ring substituents is 1. The zero-order valence-corrected chi connectivity index (χ0v) is 11.6. The van der Waals surface area contributed by atoms with E-state index in [2.05, 4.69) is 25.9 Å². The maximum Gasteiger partial charge on any atom is 0.274 e. The molecule has 0 fully saturated rings. The van der Waals surface area contributed by atoms with Gasteiger partial charge in [-0.15, -0.1) is 0 Å². The quantitative estimate of drug-likeness (QED) is 0.520. The van der Waals surface area contributed by atoms with Gasteiger partial charge in [0, 0.05) is 16.6 Å². The van der Waals surface area contributed by atoms with Crippen molar-refractivity contribution in [2.45, 2.75) is 0 Å². The first kappa shape index (κ1) is 13.5. The number of hydrogen-bond acceptors (Lipinski definition) is 6. The normalized spacial score (nSPS) is 10.2. The molecule has 0 saturated carbocycles. The number of benzene rings is 1. The van der Waals surface area contributed by atoms with Crippen molar-refractivity contribution in [2.75, 3.05) is 5.73 Å². The first-order valence-electron chi connectivity index (χ1n) is 4.87. The molecule has 0 radical (unpaired) electrons. The van der Waals surface area contributed by atoms with Crippen LogP contribution in [0, 0.1) is 10.1 Å². The van der Waals surface area contributed by atoms with Crippen LogP contribution in [0.5, 0.6) is 11.6 Å². The van der Waals surface area contributed by atoms with E-state index in [4.69, 9.17) is 22.1 Å². The third-order valence-electron chi connectivity index (χ3n) is 1.98. The van der Waals surface area contributed by atoms with E-state index in [9.17, 15) is 10.1 Å². The molecular formula is C10H6BrClN4O3. The van der Waals surface area contributed by atoms with Crippen LogP contribution in [0.1, 0.15) is 0 Å². The third-order valence-corrected chi connectivity index (χ3v) is 2.63. The van der Waals surface area contributed by atoms with Crippen LogP contribution in [0.25, 0.3) is 0 Å². The average molecular weight is 346 g/mol. The fourth-order valence-electron chi connectivity index (χ4n) is 1.30. The van der Waals surface area contributed by atoms with Crippen LogP contribution in [0.2, 0.25) is 5.15 Å². The van der Waals surface area contributed by atoms with Crippen LogP contribution < -0.4 is 10.5 Å². The zero-order chi connectivity index (χ0) is 14.0. The SMILES string of the molecule is Nc1nc(Cl)cc(Oc2cc(Br)cc([N+](=O)[O-])c2)n1. The van der Waals surface area contributed by atoms with Gasteiger partial charge in [0.25, 0.3) is 5.69 Å². The van der Waals surface area contributed by atoms with Gasteiger partial charge in [-0.2, -0.15) is 4.98 Å². The molecule has 0 saturated heterocycles. The van der Waals surface area contributed by atoms with Crippen molar-refractivity contribution in [2.24, 2.45) is 0 Å². The number of non-ortho nitro benzene ring substituents is 1. The molecule has 98 valence electrons. The van der Waals surface area contributed by atoms with Crippen LogP contribution in [0.4, 0.5) is 11.6 Å². The summed E-state index contributed by atoms with van der Waals surface area (Å²) in [6, 6.07) is 5.52. The van der Waals surface area contributed by atoms with Gasteiger partial charge in [-0.25, -0.2) is 4.98 Å². The molecule has 2 N–H and O–H groups in total. The first-order valence-corrected chi connectivity index (χ1v) is 6.04. The van der Waals surface area contributed by atoms with E-state index in [1.54, 1.807) is 6.07 Å². The predicted molar refractivity (Wildman–Crippen MR) is 72.3 cm³/mol. The van der Waals surface area contributed by atoms with Crippen molar-refractivity contribution in [3.63, 3.8) is 0 Å². The van der Waals surface area contributed by atoms with Crippen molar-refractivity contribution < 1.29 is 9.66 Å². The van der Waals surface area contributed by atoms with Gasteiger partial charge < -0.3 is 10.5 Å². The number of nitrogens with zero attached hydrogens (tertiary/aromatic N) is 3. The largest absolute Gasteiger partial charge is 0.438 e. The van der Waals surface area contributed by atoms with Crippen molar-refractivity contribution >= 4 is 39.2 Å². The molecule has 7 nitrogen and oxygen atoms in total. The molecule has 0 aliphatic heterocycles. The van der Waals surface area contributed by atoms with E-state index in [1.807, 2.05) is 0 Å². The summed E-state index contributed by atoms with van der Waals surface area (Å²) in [7, 11) is 0. The predicted octanol–water partition coefficient (Wildman–Crippen LogP) is 3.18. The molecule has 0 aliphatic carbocycles. The Hall–Kier alpha value is -1.93. The number of rotatable bonds is 3. The molecule has 1 aromatic heterocycles. The average Bonchev–Trinajstić information content (AvgIpc) is 2.26. The molecule has 0 aliphatic rings. The number of nitrogen functional groups attached to an aromatic ring is 1. The molecule has 9 heteroatoms. The van der Waals surface area contributed by atoms with E-state index >= 15 is 0 Å². The highest BCUT2D eigenvalue weighted by Gasteiger charge is 2.11. The van der Waals surface area contributed by atoms with Crippen LogP contribution in [0.3, 0.4) is 0 Å². The Morgan fingerprint density at radius 2 is 2.05 bits per heavy atom. The molecular weight excluding hydrogens is 339 g/mol. The second kappa shape index (κ2) is 5.37. The van der Waals surface area contributed by atoms with Crippen molar-refractivity contribution in [1.29, 1.82) is 0 Å². The Morgan fingerprint density at radius 3 is 2.68 bits per heavy atom. The Kier molecular flexibility index (Phi) is 3.82. The van der Waals surface area contributed by atoms with Gasteiger partial charge in [-0.1, -0.05) is 27.5 Å². The maximum atomic E-state index is 10.7. The molecule has 0 bridgehead atoms. The fraction of sp³-hybridized carbons (Fsp3) is 0. The van der Waals surface area contributed by atoms with E-state index in [0.29, 0.717) is 4.47 Å². The highest BCUT2D eigenvalue weighted by atomic mass is 79.9. The topological polar surface area (TPSA) is 104 Å². The monoisotopic (exact) mass is 344 g/mol. The third kappa shape index (κ3) is 3.52. The fourth-order valence-corrected chi connectivity index (χ4v) is 1.94. The Morgan fingerprint density at radius 1 is 1.32 bits per heavy atom. The molecule has 2 aromatic rings. The van der Waals surface area contributed by atoms with Gasteiger partial charge in [0.15, 0.2) is 0 Å². The number of nitro groups is 1. The van der Waals surface area contributed by atoms with Crippen LogP contribution >= 0.6 is 27.5 Å². The summed E-state index contributed by atoms with van der Waals surface area (Å²) in [6.07, 6.45) is 0. The highest BCUT2D eigenvalue weighted by molar-refractivity contribution is 9.10. The molecule has 1 aromatic carbocycles. The smallest absolute Gasteiger partial charge is 0.274 e. The molecule has 0 unspecified atom stereocenters. The zero-order valence-electron chi connectivity index (χ0n) is 9.21. The summed E-state index contributed by atoms with van der Waals surface area (Å²) in [5.41, 5.74) is 5.30. The number of hydrogen-bond donors (Lipinski definition) is 1. The van der Waals surface area contributed by atoms with Gasteiger partial charge in [-0.3, -0.25) is 10.1 Å². The lowest BCUT2D eigenvalue weighted by Gasteiger charge is -2.06. The number of ether oxygens (including phenoxy) is 1. The lowest BCUT2D eigenvalue weighted by Crippen LogP contribution is -1.97. The maximum absolute atomic E-state index is 10.7. The minimum atomic E-state index is -0.529. The number of anilines is 1. The summed E-state index contributed by atoms with van der Waals surface area (Å²) >= 11 is 8.86. The number of halogens is 2. The van der Waals surface area contributed by atoms with E-state index in [0.717, 1.165) is 0 Å². The molecule has 0 atom stereocenters. The molecule has 0 spiro atoms. The van der Waals surface area contributed by atoms with Crippen LogP contribution in [-0.2, 0) is 0 Å². The Labute approximate surface area is 120 Å². The first-order chi connectivity index (χ1) is 8.94. The van der Waals surface area contributed by atoms with Crippen molar-refractivity contribution in [3.05, 3.63) is 44.0 Å². The Balaban J connectivity index is 2.35. The van der Waals surface area contributed by atoms with Gasteiger partial charge in [0.2, 0.25) is 11.8 Å². The van der Waals surface area contributed by atoms with E-state index < -0.39 is 4.92 Å². The van der Waals surface area contributed by atoms with Crippen molar-refractivity contribution in [3.8, 4) is 11.6 Å².